The molecule has 0 saturated carbocycles. The van der Waals surface area contributed by atoms with Crippen LogP contribution in [0.15, 0.2) is 24.3 Å². The number of carboxylic acids is 1. The third-order valence-electron chi connectivity index (χ3n) is 3.39. The number of hydrogen-bond acceptors (Lipinski definition) is 4. The van der Waals surface area contributed by atoms with E-state index in [2.05, 4.69) is 5.32 Å². The summed E-state index contributed by atoms with van der Waals surface area (Å²) in [4.78, 5) is 36.4. The minimum absolute atomic E-state index is 0.0205. The van der Waals surface area contributed by atoms with Gasteiger partial charge in [-0.15, -0.1) is 0 Å². The fourth-order valence-electron chi connectivity index (χ4n) is 2.20. The second kappa shape index (κ2) is 7.04. The van der Waals surface area contributed by atoms with E-state index in [0.29, 0.717) is 24.3 Å². The monoisotopic (exact) mass is 306 g/mol. The summed E-state index contributed by atoms with van der Waals surface area (Å²) >= 11 is 0. The normalized spacial score (nSPS) is 17.9. The van der Waals surface area contributed by atoms with E-state index in [-0.39, 0.29) is 25.0 Å². The number of carbonyl (C=O) groups is 3. The Kier molecular flexibility index (Phi) is 5.11. The molecule has 0 spiro atoms. The lowest BCUT2D eigenvalue weighted by atomic mass is 10.1. The molecular weight excluding hydrogens is 288 g/mol. The predicted molar refractivity (Wildman–Crippen MR) is 78.6 cm³/mol. The highest BCUT2D eigenvalue weighted by atomic mass is 16.5. The second-order valence-corrected chi connectivity index (χ2v) is 4.91. The van der Waals surface area contributed by atoms with Crippen molar-refractivity contribution >= 4 is 23.5 Å². The first-order chi connectivity index (χ1) is 10.5. The van der Waals surface area contributed by atoms with Gasteiger partial charge in [0.05, 0.1) is 13.2 Å². The summed E-state index contributed by atoms with van der Waals surface area (Å²) in [6, 6.07) is 5.48. The van der Waals surface area contributed by atoms with Crippen LogP contribution in [0.3, 0.4) is 0 Å². The standard InChI is InChI=1S/C15H18N2O5/c1-2-13(18)16-11-5-3-4-10(8-11)14(19)17-6-7-22-9-12(17)15(20)21/h3-5,8,12H,2,6-7,9H2,1H3,(H,16,18)(H,20,21). The molecule has 2 N–H and O–H groups in total. The van der Waals surface area contributed by atoms with Crippen LogP contribution in [0, 0.1) is 0 Å². The number of anilines is 1. The largest absolute Gasteiger partial charge is 0.480 e. The maximum atomic E-state index is 12.5. The van der Waals surface area contributed by atoms with Gasteiger partial charge in [0.25, 0.3) is 5.91 Å². The zero-order valence-corrected chi connectivity index (χ0v) is 12.2. The molecule has 7 heteroatoms. The van der Waals surface area contributed by atoms with E-state index in [1.807, 2.05) is 0 Å². The lowest BCUT2D eigenvalue weighted by molar-refractivity contribution is -0.147. The number of amides is 2. The van der Waals surface area contributed by atoms with Crippen LogP contribution in [0.4, 0.5) is 5.69 Å². The molecule has 1 heterocycles. The molecule has 1 atom stereocenters. The number of nitrogens with zero attached hydrogens (tertiary/aromatic N) is 1. The van der Waals surface area contributed by atoms with Gasteiger partial charge in [-0.2, -0.15) is 0 Å². The average Bonchev–Trinajstić information content (AvgIpc) is 2.54. The molecule has 118 valence electrons. The number of rotatable bonds is 4. The Morgan fingerprint density at radius 3 is 2.86 bits per heavy atom. The molecule has 1 aliphatic rings. The first kappa shape index (κ1) is 16.0. The molecule has 0 aliphatic carbocycles. The Bertz CT molecular complexity index is 587. The van der Waals surface area contributed by atoms with E-state index in [1.54, 1.807) is 31.2 Å². The van der Waals surface area contributed by atoms with E-state index in [1.165, 1.54) is 4.90 Å². The van der Waals surface area contributed by atoms with Crippen LogP contribution in [0.1, 0.15) is 23.7 Å². The molecule has 1 saturated heterocycles. The van der Waals surface area contributed by atoms with E-state index in [4.69, 9.17) is 4.74 Å². The van der Waals surface area contributed by atoms with Gasteiger partial charge in [0.1, 0.15) is 0 Å². The van der Waals surface area contributed by atoms with Crippen molar-refractivity contribution in [2.24, 2.45) is 0 Å². The highest BCUT2D eigenvalue weighted by Gasteiger charge is 2.33. The number of hydrogen-bond donors (Lipinski definition) is 2. The summed E-state index contributed by atoms with van der Waals surface area (Å²) in [7, 11) is 0. The third-order valence-corrected chi connectivity index (χ3v) is 3.39. The van der Waals surface area contributed by atoms with Crippen LogP contribution in [-0.4, -0.2) is 53.6 Å². The summed E-state index contributed by atoms with van der Waals surface area (Å²) in [5.41, 5.74) is 0.847. The maximum Gasteiger partial charge on any atom is 0.328 e. The van der Waals surface area contributed by atoms with E-state index >= 15 is 0 Å². The maximum absolute atomic E-state index is 12.5. The number of benzene rings is 1. The molecule has 1 aromatic rings. The minimum atomic E-state index is -1.09. The molecule has 7 nitrogen and oxygen atoms in total. The van der Waals surface area contributed by atoms with Crippen molar-refractivity contribution in [3.63, 3.8) is 0 Å². The van der Waals surface area contributed by atoms with Gasteiger partial charge < -0.3 is 20.1 Å². The molecule has 2 rings (SSSR count). The summed E-state index contributed by atoms with van der Waals surface area (Å²) in [5, 5.41) is 11.9. The summed E-state index contributed by atoms with van der Waals surface area (Å²) in [6.45, 7) is 2.24. The Balaban J connectivity index is 2.19. The Labute approximate surface area is 127 Å². The third kappa shape index (κ3) is 3.62. The second-order valence-electron chi connectivity index (χ2n) is 4.91. The highest BCUT2D eigenvalue weighted by molar-refractivity contribution is 5.98. The van der Waals surface area contributed by atoms with Crippen LogP contribution in [0.25, 0.3) is 0 Å². The van der Waals surface area contributed by atoms with Gasteiger partial charge in [-0.3, -0.25) is 9.59 Å². The summed E-state index contributed by atoms with van der Waals surface area (Å²) in [6.07, 6.45) is 0.336. The van der Waals surface area contributed by atoms with Crippen molar-refractivity contribution < 1.29 is 24.2 Å². The zero-order chi connectivity index (χ0) is 16.1. The smallest absolute Gasteiger partial charge is 0.328 e. The molecule has 0 aromatic heterocycles. The first-order valence-corrected chi connectivity index (χ1v) is 7.04. The zero-order valence-electron chi connectivity index (χ0n) is 12.2. The van der Waals surface area contributed by atoms with Gasteiger partial charge in [0, 0.05) is 24.2 Å². The van der Waals surface area contributed by atoms with Crippen molar-refractivity contribution in [1.82, 2.24) is 4.90 Å². The highest BCUT2D eigenvalue weighted by Crippen LogP contribution is 2.16. The lowest BCUT2D eigenvalue weighted by Gasteiger charge is -2.32. The van der Waals surface area contributed by atoms with Crippen molar-refractivity contribution in [3.8, 4) is 0 Å². The molecule has 1 aromatic carbocycles. The van der Waals surface area contributed by atoms with Crippen molar-refractivity contribution in [1.29, 1.82) is 0 Å². The van der Waals surface area contributed by atoms with Gasteiger partial charge >= 0.3 is 5.97 Å². The van der Waals surface area contributed by atoms with E-state index in [9.17, 15) is 19.5 Å². The predicted octanol–water partition coefficient (Wildman–Crippen LogP) is 0.961. The van der Waals surface area contributed by atoms with Gasteiger partial charge in [-0.25, -0.2) is 4.79 Å². The fourth-order valence-corrected chi connectivity index (χ4v) is 2.20. The summed E-state index contributed by atoms with van der Waals surface area (Å²) < 4.78 is 5.12. The number of ether oxygens (including phenoxy) is 1. The van der Waals surface area contributed by atoms with Gasteiger partial charge in [0.15, 0.2) is 6.04 Å². The molecule has 0 bridgehead atoms. The SMILES string of the molecule is CCC(=O)Nc1cccc(C(=O)N2CCOCC2C(=O)O)c1. The molecule has 0 radical (unpaired) electrons. The number of carbonyl (C=O) groups excluding carboxylic acids is 2. The molecular formula is C15H18N2O5. The number of aliphatic carboxylic acids is 1. The minimum Gasteiger partial charge on any atom is -0.480 e. The van der Waals surface area contributed by atoms with Gasteiger partial charge in [-0.1, -0.05) is 13.0 Å². The Hall–Kier alpha value is -2.41. The quantitative estimate of drug-likeness (QED) is 0.864. The van der Waals surface area contributed by atoms with Crippen LogP contribution in [0.5, 0.6) is 0 Å². The van der Waals surface area contributed by atoms with Crippen LogP contribution in [0.2, 0.25) is 0 Å². The molecule has 1 aliphatic heterocycles. The van der Waals surface area contributed by atoms with Crippen LogP contribution < -0.4 is 5.32 Å². The first-order valence-electron chi connectivity index (χ1n) is 7.04. The molecule has 22 heavy (non-hydrogen) atoms. The van der Waals surface area contributed by atoms with Crippen molar-refractivity contribution in [2.75, 3.05) is 25.1 Å². The fraction of sp³-hybridized carbons (Fsp3) is 0.400. The molecule has 1 fully saturated rings. The van der Waals surface area contributed by atoms with Crippen LogP contribution in [-0.2, 0) is 14.3 Å². The average molecular weight is 306 g/mol. The van der Waals surface area contributed by atoms with Gasteiger partial charge in [0.2, 0.25) is 5.91 Å². The lowest BCUT2D eigenvalue weighted by Crippen LogP contribution is -2.52. The Morgan fingerprint density at radius 2 is 2.18 bits per heavy atom. The topological polar surface area (TPSA) is 95.9 Å². The van der Waals surface area contributed by atoms with E-state index < -0.39 is 12.0 Å². The molecule has 2 amide bonds. The Morgan fingerprint density at radius 1 is 1.41 bits per heavy atom. The number of carboxylic acid groups (broad SMARTS) is 1. The van der Waals surface area contributed by atoms with Crippen LogP contribution >= 0.6 is 0 Å². The molecule has 1 unspecified atom stereocenters. The van der Waals surface area contributed by atoms with E-state index in [0.717, 1.165) is 0 Å². The van der Waals surface area contributed by atoms with Crippen molar-refractivity contribution in [3.05, 3.63) is 29.8 Å². The summed E-state index contributed by atoms with van der Waals surface area (Å²) in [5.74, 6) is -1.63. The number of nitrogens with one attached hydrogen (secondary N) is 1. The number of morpholine rings is 1. The van der Waals surface area contributed by atoms with Gasteiger partial charge in [-0.05, 0) is 18.2 Å². The van der Waals surface area contributed by atoms with Crippen molar-refractivity contribution in [2.45, 2.75) is 19.4 Å².